The number of hydrogen-bond acceptors (Lipinski definition) is 1. The molecule has 1 heteroatoms. The monoisotopic (exact) mass is 180 g/mol. The Morgan fingerprint density at radius 1 is 0.929 bits per heavy atom. The van der Waals surface area contributed by atoms with Crippen LogP contribution in [0.1, 0.15) is 1.37 Å². The molecule has 2 aromatic carbocycles. The van der Waals surface area contributed by atoms with Gasteiger partial charge in [-0.1, -0.05) is 42.4 Å². The highest BCUT2D eigenvalue weighted by Crippen LogP contribution is 2.22. The molecule has 0 fully saturated rings. The third-order valence-electron chi connectivity index (χ3n) is 2.41. The molecular weight excluding hydrogens is 170 g/mol. The molecule has 1 heterocycles. The summed E-state index contributed by atoms with van der Waals surface area (Å²) in [5, 5.41) is 3.13. The summed E-state index contributed by atoms with van der Waals surface area (Å²) in [7, 11) is 0. The van der Waals surface area contributed by atoms with Crippen LogP contribution in [-0.4, -0.2) is 4.98 Å². The van der Waals surface area contributed by atoms with Gasteiger partial charge in [0.15, 0.2) is 0 Å². The van der Waals surface area contributed by atoms with Gasteiger partial charge in [-0.05, 0) is 11.5 Å². The number of fused-ring (bicyclic) bond motifs is 3. The highest BCUT2D eigenvalue weighted by atomic mass is 14.6. The molecule has 0 radical (unpaired) electrons. The lowest BCUT2D eigenvalue weighted by Crippen LogP contribution is -1.80. The normalized spacial score (nSPS) is 11.9. The lowest BCUT2D eigenvalue weighted by molar-refractivity contribution is 1.44. The van der Waals surface area contributed by atoms with Crippen molar-refractivity contribution in [3.8, 4) is 0 Å². The Hall–Kier alpha value is -1.89. The summed E-state index contributed by atoms with van der Waals surface area (Å²) in [6, 6.07) is 14.2. The molecule has 0 amide bonds. The van der Waals surface area contributed by atoms with Gasteiger partial charge in [-0.25, -0.2) is 0 Å². The Labute approximate surface area is 83.4 Å². The number of para-hydroxylation sites is 1. The molecule has 1 aromatic heterocycles. The van der Waals surface area contributed by atoms with Crippen molar-refractivity contribution in [3.63, 3.8) is 0 Å². The lowest BCUT2D eigenvalue weighted by atomic mass is 10.1. The number of nitrogens with zero attached hydrogens (tertiary/aromatic N) is 1. The molecule has 1 nitrogen and oxygen atoms in total. The van der Waals surface area contributed by atoms with Crippen LogP contribution in [0.3, 0.4) is 0 Å². The molecule has 66 valence electrons. The Kier molecular flexibility index (Phi) is 1.31. The van der Waals surface area contributed by atoms with Crippen LogP contribution in [0.4, 0.5) is 0 Å². The van der Waals surface area contributed by atoms with Gasteiger partial charge in [-0.3, -0.25) is 4.98 Å². The minimum atomic E-state index is 0.539. The first-order chi connectivity index (χ1) is 7.36. The smallest absolute Gasteiger partial charge is 0.0708 e. The molecule has 0 saturated carbocycles. The van der Waals surface area contributed by atoms with Gasteiger partial charge in [-0.2, -0.15) is 0 Å². The maximum atomic E-state index is 7.91. The largest absolute Gasteiger partial charge is 0.256 e. The van der Waals surface area contributed by atoms with E-state index in [1.54, 1.807) is 6.07 Å². The van der Waals surface area contributed by atoms with Gasteiger partial charge in [0.05, 0.1) is 6.89 Å². The van der Waals surface area contributed by atoms with E-state index < -0.39 is 0 Å². The standard InChI is InChI=1S/C13H9N/c1-2-6-11-10(5-1)9-14-13-8-4-3-7-12(11)13/h1-9H/i7D. The van der Waals surface area contributed by atoms with Gasteiger partial charge < -0.3 is 0 Å². The summed E-state index contributed by atoms with van der Waals surface area (Å²) in [4.78, 5) is 4.35. The molecule has 0 aliphatic carbocycles. The SMILES string of the molecule is [2H]c1cccc2ncc3ccccc3c12. The molecule has 0 spiro atoms. The number of pyridine rings is 1. The van der Waals surface area contributed by atoms with Crippen molar-refractivity contribution in [1.29, 1.82) is 0 Å². The molecule has 0 aliphatic rings. The van der Waals surface area contributed by atoms with Crippen LogP contribution >= 0.6 is 0 Å². The Morgan fingerprint density at radius 2 is 1.79 bits per heavy atom. The van der Waals surface area contributed by atoms with E-state index in [-0.39, 0.29) is 0 Å². The lowest BCUT2D eigenvalue weighted by Gasteiger charge is -2.01. The summed E-state index contributed by atoms with van der Waals surface area (Å²) in [6.07, 6.45) is 1.86. The number of aromatic nitrogens is 1. The van der Waals surface area contributed by atoms with Crippen LogP contribution in [0.2, 0.25) is 0 Å². The summed E-state index contributed by atoms with van der Waals surface area (Å²) < 4.78 is 7.91. The second-order valence-electron chi connectivity index (χ2n) is 3.28. The van der Waals surface area contributed by atoms with E-state index in [0.717, 1.165) is 21.7 Å². The van der Waals surface area contributed by atoms with Crippen molar-refractivity contribution in [2.24, 2.45) is 0 Å². The molecular formula is C13H9N. The van der Waals surface area contributed by atoms with Crippen LogP contribution in [0, 0.1) is 0 Å². The Balaban J connectivity index is 2.64. The van der Waals surface area contributed by atoms with Gasteiger partial charge in [0.25, 0.3) is 0 Å². The van der Waals surface area contributed by atoms with Gasteiger partial charge >= 0.3 is 0 Å². The number of hydrogen-bond donors (Lipinski definition) is 0. The molecule has 3 aromatic rings. The van der Waals surface area contributed by atoms with Gasteiger partial charge in [0, 0.05) is 17.0 Å². The van der Waals surface area contributed by atoms with Crippen LogP contribution in [0.5, 0.6) is 0 Å². The maximum Gasteiger partial charge on any atom is 0.0708 e. The Bertz CT molecular complexity index is 646. The minimum absolute atomic E-state index is 0.539. The fraction of sp³-hybridized carbons (Fsp3) is 0. The zero-order chi connectivity index (χ0) is 10.3. The average Bonchev–Trinajstić information content (AvgIpc) is 2.29. The highest BCUT2D eigenvalue weighted by Gasteiger charge is 1.98. The van der Waals surface area contributed by atoms with E-state index in [4.69, 9.17) is 1.37 Å². The first-order valence-corrected chi connectivity index (χ1v) is 4.59. The van der Waals surface area contributed by atoms with Crippen LogP contribution in [-0.2, 0) is 0 Å². The minimum Gasteiger partial charge on any atom is -0.256 e. The summed E-state index contributed by atoms with van der Waals surface area (Å²) in [5.74, 6) is 0. The molecule has 3 rings (SSSR count). The first-order valence-electron chi connectivity index (χ1n) is 5.09. The molecule has 0 saturated heterocycles. The predicted molar refractivity (Wildman–Crippen MR) is 59.2 cm³/mol. The highest BCUT2D eigenvalue weighted by molar-refractivity contribution is 6.05. The van der Waals surface area contributed by atoms with Crippen molar-refractivity contribution >= 4 is 21.7 Å². The van der Waals surface area contributed by atoms with E-state index in [0.29, 0.717) is 6.04 Å². The second kappa shape index (κ2) is 2.81. The van der Waals surface area contributed by atoms with E-state index in [2.05, 4.69) is 4.98 Å². The van der Waals surface area contributed by atoms with Gasteiger partial charge in [-0.15, -0.1) is 0 Å². The average molecular weight is 180 g/mol. The van der Waals surface area contributed by atoms with Crippen LogP contribution < -0.4 is 0 Å². The summed E-state index contributed by atoms with van der Waals surface area (Å²) in [5.41, 5.74) is 0.890. The fourth-order valence-electron chi connectivity index (χ4n) is 1.73. The van der Waals surface area contributed by atoms with E-state index in [1.165, 1.54) is 0 Å². The van der Waals surface area contributed by atoms with E-state index in [1.807, 2.05) is 42.6 Å². The molecule has 0 bridgehead atoms. The topological polar surface area (TPSA) is 12.9 Å². The second-order valence-corrected chi connectivity index (χ2v) is 3.28. The van der Waals surface area contributed by atoms with Crippen LogP contribution in [0.25, 0.3) is 21.7 Å². The van der Waals surface area contributed by atoms with Crippen molar-refractivity contribution in [2.75, 3.05) is 0 Å². The molecule has 0 unspecified atom stereocenters. The zero-order valence-corrected chi connectivity index (χ0v) is 7.57. The van der Waals surface area contributed by atoms with Crippen molar-refractivity contribution in [2.45, 2.75) is 0 Å². The third-order valence-corrected chi connectivity index (χ3v) is 2.41. The molecule has 0 atom stereocenters. The van der Waals surface area contributed by atoms with Crippen molar-refractivity contribution < 1.29 is 1.37 Å². The van der Waals surface area contributed by atoms with E-state index in [9.17, 15) is 0 Å². The van der Waals surface area contributed by atoms with Crippen LogP contribution in [0.15, 0.2) is 54.7 Å². The van der Waals surface area contributed by atoms with Gasteiger partial charge in [0.2, 0.25) is 0 Å². The fourth-order valence-corrected chi connectivity index (χ4v) is 1.73. The quantitative estimate of drug-likeness (QED) is 0.483. The van der Waals surface area contributed by atoms with E-state index >= 15 is 0 Å². The molecule has 0 N–H and O–H groups in total. The zero-order valence-electron chi connectivity index (χ0n) is 8.57. The molecule has 14 heavy (non-hydrogen) atoms. The number of rotatable bonds is 0. The van der Waals surface area contributed by atoms with Crippen molar-refractivity contribution in [1.82, 2.24) is 4.98 Å². The summed E-state index contributed by atoms with van der Waals surface area (Å²) in [6.45, 7) is 0. The first kappa shape index (κ1) is 6.55. The van der Waals surface area contributed by atoms with Crippen molar-refractivity contribution in [3.05, 3.63) is 54.7 Å². The van der Waals surface area contributed by atoms with Gasteiger partial charge in [0.1, 0.15) is 0 Å². The number of benzene rings is 2. The Morgan fingerprint density at radius 3 is 2.79 bits per heavy atom. The summed E-state index contributed by atoms with van der Waals surface area (Å²) >= 11 is 0. The maximum absolute atomic E-state index is 7.91. The molecule has 0 aliphatic heterocycles. The predicted octanol–water partition coefficient (Wildman–Crippen LogP) is 3.39. The third kappa shape index (κ3) is 0.990.